The second kappa shape index (κ2) is 7.99. The van der Waals surface area contributed by atoms with Gasteiger partial charge in [-0.3, -0.25) is 9.69 Å². The summed E-state index contributed by atoms with van der Waals surface area (Å²) in [7, 11) is 1.39. The predicted molar refractivity (Wildman–Crippen MR) is 98.0 cm³/mol. The van der Waals surface area contributed by atoms with E-state index in [1.165, 1.54) is 18.4 Å². The molecule has 25 heavy (non-hydrogen) atoms. The van der Waals surface area contributed by atoms with Crippen LogP contribution < -0.4 is 0 Å². The SMILES string of the molecule is COC(=O)[C@@H](c1ccc(Cl)cc1)N1CCN(C(=O)c2cccs2)CC1. The van der Waals surface area contributed by atoms with Crippen molar-refractivity contribution < 1.29 is 14.3 Å². The van der Waals surface area contributed by atoms with Crippen LogP contribution in [0.1, 0.15) is 21.3 Å². The summed E-state index contributed by atoms with van der Waals surface area (Å²) in [6.45, 7) is 2.38. The zero-order chi connectivity index (χ0) is 17.8. The topological polar surface area (TPSA) is 49.9 Å². The van der Waals surface area contributed by atoms with E-state index >= 15 is 0 Å². The third-order valence-electron chi connectivity index (χ3n) is 4.31. The first kappa shape index (κ1) is 17.9. The van der Waals surface area contributed by atoms with E-state index in [0.717, 1.165) is 10.4 Å². The Labute approximate surface area is 155 Å². The van der Waals surface area contributed by atoms with Gasteiger partial charge in [-0.25, -0.2) is 4.79 Å². The van der Waals surface area contributed by atoms with Crippen LogP contribution >= 0.6 is 22.9 Å². The highest BCUT2D eigenvalue weighted by Crippen LogP contribution is 2.25. The maximum absolute atomic E-state index is 12.4. The molecule has 7 heteroatoms. The molecule has 1 saturated heterocycles. The van der Waals surface area contributed by atoms with E-state index in [2.05, 4.69) is 0 Å². The van der Waals surface area contributed by atoms with Crippen molar-refractivity contribution in [2.24, 2.45) is 0 Å². The third kappa shape index (κ3) is 4.03. The Kier molecular flexibility index (Phi) is 5.73. The molecule has 1 atom stereocenters. The number of piperazine rings is 1. The molecule has 0 N–H and O–H groups in total. The number of hydrogen-bond donors (Lipinski definition) is 0. The molecule has 0 saturated carbocycles. The number of carbonyl (C=O) groups excluding carboxylic acids is 2. The first-order valence-corrected chi connectivity index (χ1v) is 9.26. The molecule has 1 fully saturated rings. The molecule has 0 radical (unpaired) electrons. The average Bonchev–Trinajstić information content (AvgIpc) is 3.18. The van der Waals surface area contributed by atoms with E-state index in [4.69, 9.17) is 16.3 Å². The number of amides is 1. The molecule has 0 bridgehead atoms. The van der Waals surface area contributed by atoms with Crippen molar-refractivity contribution in [1.29, 1.82) is 0 Å². The lowest BCUT2D eigenvalue weighted by Crippen LogP contribution is -2.51. The maximum Gasteiger partial charge on any atom is 0.327 e. The summed E-state index contributed by atoms with van der Waals surface area (Å²) in [5.41, 5.74) is 0.842. The summed E-state index contributed by atoms with van der Waals surface area (Å²) in [5.74, 6) is -0.254. The standard InChI is InChI=1S/C18H19ClN2O3S/c1-24-18(23)16(13-4-6-14(19)7-5-13)20-8-10-21(11-9-20)17(22)15-3-2-12-25-15/h2-7,12,16H,8-11H2,1H3/t16-/m1/s1. The van der Waals surface area contributed by atoms with Crippen molar-refractivity contribution >= 4 is 34.8 Å². The Bertz CT molecular complexity index is 725. The van der Waals surface area contributed by atoms with Crippen LogP contribution in [0.25, 0.3) is 0 Å². The van der Waals surface area contributed by atoms with Crippen molar-refractivity contribution in [3.05, 3.63) is 57.2 Å². The number of halogens is 1. The molecule has 132 valence electrons. The minimum Gasteiger partial charge on any atom is -0.468 e. The lowest BCUT2D eigenvalue weighted by Gasteiger charge is -2.38. The molecular weight excluding hydrogens is 360 g/mol. The first-order valence-electron chi connectivity index (χ1n) is 8.00. The van der Waals surface area contributed by atoms with E-state index < -0.39 is 6.04 Å². The second-order valence-corrected chi connectivity index (χ2v) is 7.17. The number of esters is 1. The molecule has 0 unspecified atom stereocenters. The van der Waals surface area contributed by atoms with Crippen molar-refractivity contribution in [3.8, 4) is 0 Å². The Balaban J connectivity index is 1.71. The Morgan fingerprint density at radius 2 is 1.80 bits per heavy atom. The molecule has 1 aliphatic rings. The fourth-order valence-corrected chi connectivity index (χ4v) is 3.81. The largest absolute Gasteiger partial charge is 0.468 e. The van der Waals surface area contributed by atoms with Gasteiger partial charge in [0.2, 0.25) is 0 Å². The van der Waals surface area contributed by atoms with Crippen LogP contribution in [0.4, 0.5) is 0 Å². The highest BCUT2D eigenvalue weighted by atomic mass is 35.5. The van der Waals surface area contributed by atoms with Gasteiger partial charge in [0.1, 0.15) is 6.04 Å². The van der Waals surface area contributed by atoms with Gasteiger partial charge in [-0.15, -0.1) is 11.3 Å². The van der Waals surface area contributed by atoms with Crippen molar-refractivity contribution in [1.82, 2.24) is 9.80 Å². The van der Waals surface area contributed by atoms with Gasteiger partial charge in [-0.1, -0.05) is 29.8 Å². The molecule has 1 aromatic heterocycles. The van der Waals surface area contributed by atoms with Crippen LogP contribution in [0.5, 0.6) is 0 Å². The smallest absolute Gasteiger partial charge is 0.327 e. The number of carbonyl (C=O) groups is 2. The Morgan fingerprint density at radius 1 is 1.12 bits per heavy atom. The summed E-state index contributed by atoms with van der Waals surface area (Å²) in [6, 6.07) is 10.4. The minimum atomic E-state index is -0.485. The summed E-state index contributed by atoms with van der Waals surface area (Å²) < 4.78 is 4.99. The summed E-state index contributed by atoms with van der Waals surface area (Å²) in [6.07, 6.45) is 0. The van der Waals surface area contributed by atoms with E-state index in [9.17, 15) is 9.59 Å². The lowest BCUT2D eigenvalue weighted by molar-refractivity contribution is -0.148. The molecule has 5 nitrogen and oxygen atoms in total. The van der Waals surface area contributed by atoms with Gasteiger partial charge < -0.3 is 9.64 Å². The monoisotopic (exact) mass is 378 g/mol. The van der Waals surface area contributed by atoms with Crippen LogP contribution in [-0.4, -0.2) is 55.0 Å². The van der Waals surface area contributed by atoms with Gasteiger partial charge in [0, 0.05) is 31.2 Å². The molecule has 2 aromatic rings. The van der Waals surface area contributed by atoms with Gasteiger partial charge in [0.15, 0.2) is 0 Å². The number of hydrogen-bond acceptors (Lipinski definition) is 5. The summed E-state index contributed by atoms with van der Waals surface area (Å²) in [5, 5.41) is 2.52. The lowest BCUT2D eigenvalue weighted by atomic mass is 10.0. The normalized spacial score (nSPS) is 16.5. The summed E-state index contributed by atoms with van der Waals surface area (Å²) in [4.78, 5) is 29.4. The van der Waals surface area contributed by atoms with Gasteiger partial charge >= 0.3 is 5.97 Å². The number of thiophene rings is 1. The predicted octanol–water partition coefficient (Wildman–Crippen LogP) is 3.07. The van der Waals surface area contributed by atoms with Crippen LogP contribution in [0.2, 0.25) is 5.02 Å². The van der Waals surface area contributed by atoms with Crippen molar-refractivity contribution in [2.45, 2.75) is 6.04 Å². The Morgan fingerprint density at radius 3 is 2.36 bits per heavy atom. The maximum atomic E-state index is 12.4. The fraction of sp³-hybridized carbons (Fsp3) is 0.333. The van der Waals surface area contributed by atoms with Crippen LogP contribution in [0.15, 0.2) is 41.8 Å². The third-order valence-corrected chi connectivity index (χ3v) is 5.42. The zero-order valence-corrected chi connectivity index (χ0v) is 15.4. The molecular formula is C18H19ClN2O3S. The number of nitrogens with zero attached hydrogens (tertiary/aromatic N) is 2. The van der Waals surface area contributed by atoms with Crippen LogP contribution in [0, 0.1) is 0 Å². The number of ether oxygens (including phenoxy) is 1. The molecule has 1 aromatic carbocycles. The van der Waals surface area contributed by atoms with Crippen LogP contribution in [-0.2, 0) is 9.53 Å². The van der Waals surface area contributed by atoms with E-state index in [0.29, 0.717) is 31.2 Å². The van der Waals surface area contributed by atoms with E-state index in [1.54, 1.807) is 12.1 Å². The van der Waals surface area contributed by atoms with Crippen LogP contribution in [0.3, 0.4) is 0 Å². The van der Waals surface area contributed by atoms with Gasteiger partial charge in [-0.05, 0) is 29.1 Å². The molecule has 2 heterocycles. The Hall–Kier alpha value is -1.89. The highest BCUT2D eigenvalue weighted by Gasteiger charge is 2.32. The van der Waals surface area contributed by atoms with Crippen molar-refractivity contribution in [2.75, 3.05) is 33.3 Å². The first-order chi connectivity index (χ1) is 12.1. The quantitative estimate of drug-likeness (QED) is 0.767. The minimum absolute atomic E-state index is 0.0516. The molecule has 1 aliphatic heterocycles. The molecule has 0 aliphatic carbocycles. The van der Waals surface area contributed by atoms with Gasteiger partial charge in [-0.2, -0.15) is 0 Å². The average molecular weight is 379 g/mol. The van der Waals surface area contributed by atoms with E-state index in [1.807, 2.05) is 39.4 Å². The number of methoxy groups -OCH3 is 1. The summed E-state index contributed by atoms with van der Waals surface area (Å²) >= 11 is 7.39. The highest BCUT2D eigenvalue weighted by molar-refractivity contribution is 7.12. The van der Waals surface area contributed by atoms with E-state index in [-0.39, 0.29) is 11.9 Å². The fourth-order valence-electron chi connectivity index (χ4n) is 2.99. The second-order valence-electron chi connectivity index (χ2n) is 5.78. The number of benzene rings is 1. The van der Waals surface area contributed by atoms with Gasteiger partial charge in [0.05, 0.1) is 12.0 Å². The van der Waals surface area contributed by atoms with Crippen molar-refractivity contribution in [3.63, 3.8) is 0 Å². The number of rotatable bonds is 4. The zero-order valence-electron chi connectivity index (χ0n) is 13.9. The molecule has 0 spiro atoms. The molecule has 3 rings (SSSR count). The van der Waals surface area contributed by atoms with Gasteiger partial charge in [0.25, 0.3) is 5.91 Å². The molecule has 1 amide bonds.